The van der Waals surface area contributed by atoms with Crippen LogP contribution in [0.4, 0.5) is 0 Å². The van der Waals surface area contributed by atoms with Gasteiger partial charge in [-0.3, -0.25) is 0 Å². The van der Waals surface area contributed by atoms with Gasteiger partial charge in [0.25, 0.3) is 0 Å². The van der Waals surface area contributed by atoms with Gasteiger partial charge < -0.3 is 4.40 Å². The van der Waals surface area contributed by atoms with E-state index in [-0.39, 0.29) is 10.8 Å². The molecule has 7 aromatic rings. The van der Waals surface area contributed by atoms with Crippen LogP contribution in [0.5, 0.6) is 0 Å². The van der Waals surface area contributed by atoms with Crippen LogP contribution in [0.1, 0.15) is 63.8 Å². The van der Waals surface area contributed by atoms with E-state index >= 15 is 0 Å². The number of fused-ring (bicyclic) bond motifs is 7. The predicted octanol–water partition coefficient (Wildman–Crippen LogP) is 9.47. The monoisotopic (exact) mass is 511 g/mol. The highest BCUT2D eigenvalue weighted by Crippen LogP contribution is 2.45. The molecule has 0 atom stereocenters. The van der Waals surface area contributed by atoms with Crippen molar-refractivity contribution in [2.45, 2.75) is 67.2 Å². The topological polar surface area (TPSA) is 8.29 Å². The first-order valence-electron chi connectivity index (χ1n) is 14.3. The molecule has 0 aliphatic heterocycles. The largest absolute Gasteiger partial charge is 0.307 e. The summed E-state index contributed by atoms with van der Waals surface area (Å²) < 4.78 is 5.01. The van der Waals surface area contributed by atoms with E-state index in [1.165, 1.54) is 82.0 Å². The molecule has 0 bridgehead atoms. The fourth-order valence-electron chi connectivity index (χ4n) is 7.02. The molecule has 0 aliphatic rings. The van der Waals surface area contributed by atoms with E-state index in [1.54, 1.807) is 0 Å². The summed E-state index contributed by atoms with van der Waals surface area (Å²) in [5.41, 5.74) is 11.2. The lowest BCUT2D eigenvalue weighted by molar-refractivity contribution is -0.643. The number of rotatable bonds is 1. The van der Waals surface area contributed by atoms with Gasteiger partial charge in [0, 0.05) is 16.8 Å². The highest BCUT2D eigenvalue weighted by molar-refractivity contribution is 6.29. The van der Waals surface area contributed by atoms with Gasteiger partial charge in [-0.25, -0.2) is 4.57 Å². The van der Waals surface area contributed by atoms with E-state index in [2.05, 4.69) is 132 Å². The van der Waals surface area contributed by atoms with Crippen LogP contribution >= 0.6 is 0 Å². The predicted molar refractivity (Wildman–Crippen MR) is 169 cm³/mol. The number of hydrogen-bond acceptors (Lipinski definition) is 0. The molecule has 0 N–H and O–H groups in total. The van der Waals surface area contributed by atoms with Gasteiger partial charge >= 0.3 is 0 Å². The van der Waals surface area contributed by atoms with Crippen LogP contribution in [0.3, 0.4) is 0 Å². The van der Waals surface area contributed by atoms with Crippen molar-refractivity contribution in [3.05, 3.63) is 83.0 Å². The highest BCUT2D eigenvalue weighted by atomic mass is 15.0. The molecule has 0 fully saturated rings. The second kappa shape index (κ2) is 7.72. The third-order valence-electron chi connectivity index (χ3n) is 8.87. The first kappa shape index (κ1) is 24.4. The van der Waals surface area contributed by atoms with Crippen molar-refractivity contribution < 1.29 is 4.57 Å². The van der Waals surface area contributed by atoms with Gasteiger partial charge in [-0.2, -0.15) is 0 Å². The van der Waals surface area contributed by atoms with E-state index in [0.29, 0.717) is 0 Å². The first-order chi connectivity index (χ1) is 18.3. The van der Waals surface area contributed by atoms with Crippen molar-refractivity contribution in [1.29, 1.82) is 0 Å². The van der Waals surface area contributed by atoms with Crippen molar-refractivity contribution in [3.8, 4) is 0 Å². The van der Waals surface area contributed by atoms with E-state index in [0.717, 1.165) is 6.42 Å². The van der Waals surface area contributed by atoms with Crippen LogP contribution in [0.25, 0.3) is 59.8 Å². The van der Waals surface area contributed by atoms with E-state index in [1.807, 2.05) is 0 Å². The molecule has 0 unspecified atom stereocenters. The van der Waals surface area contributed by atoms with Gasteiger partial charge in [-0.15, -0.1) is 0 Å². The smallest absolute Gasteiger partial charge is 0.224 e. The summed E-state index contributed by atoms with van der Waals surface area (Å²) in [4.78, 5) is 0. The Morgan fingerprint density at radius 1 is 0.718 bits per heavy atom. The molecule has 0 saturated heterocycles. The Labute approximate surface area is 231 Å². The number of aryl methyl sites for hydroxylation is 3. The zero-order chi connectivity index (χ0) is 27.6. The molecule has 4 aromatic carbocycles. The lowest BCUT2D eigenvalue weighted by atomic mass is 9.83. The van der Waals surface area contributed by atoms with Crippen LogP contribution in [0.15, 0.2) is 60.8 Å². The molecule has 0 radical (unpaired) electrons. The fourth-order valence-corrected chi connectivity index (χ4v) is 7.02. The third kappa shape index (κ3) is 3.37. The average Bonchev–Trinajstić information content (AvgIpc) is 3.19. The molecule has 2 nitrogen and oxygen atoms in total. The zero-order valence-corrected chi connectivity index (χ0v) is 24.9. The summed E-state index contributed by atoms with van der Waals surface area (Å²) in [6.45, 7) is 18.6. The third-order valence-corrected chi connectivity index (χ3v) is 8.87. The summed E-state index contributed by atoms with van der Waals surface area (Å²) in [7, 11) is 2.22. The van der Waals surface area contributed by atoms with Crippen LogP contribution < -0.4 is 4.57 Å². The molecule has 0 saturated carbocycles. The summed E-state index contributed by atoms with van der Waals surface area (Å²) in [5, 5.41) is 9.53. The lowest BCUT2D eigenvalue weighted by Crippen LogP contribution is -2.29. The number of aromatic nitrogens is 2. The molecule has 7 rings (SSSR count). The van der Waals surface area contributed by atoms with Crippen molar-refractivity contribution in [3.63, 3.8) is 0 Å². The number of nitrogens with zero attached hydrogens (tertiary/aromatic N) is 2. The van der Waals surface area contributed by atoms with E-state index < -0.39 is 0 Å². The minimum absolute atomic E-state index is 0.0765. The highest BCUT2D eigenvalue weighted by Gasteiger charge is 2.29. The Morgan fingerprint density at radius 3 is 2.15 bits per heavy atom. The Balaban J connectivity index is 1.90. The van der Waals surface area contributed by atoms with Gasteiger partial charge in [0.2, 0.25) is 5.52 Å². The molecular weight excluding hydrogens is 472 g/mol. The lowest BCUT2D eigenvalue weighted by Gasteiger charge is -2.24. The normalized spacial score (nSPS) is 13.4. The Hall–Kier alpha value is -3.65. The fraction of sp³-hybridized carbons (Fsp3) is 0.324. The number of hydrogen-bond donors (Lipinski definition) is 0. The molecule has 196 valence electrons. The standard InChI is InChI=1S/C37H39N2/c1-21-10-13-25-28(18-21)22(2)31-34(29(25)20-36(3,4)5)39-30-19-24(37(6,7)8)12-15-26(30)27-14-11-23-16-17-38(9)35(31)32(23)33(27)39/h10-19H,20H2,1-9H3/q+1. The molecule has 0 spiro atoms. The van der Waals surface area contributed by atoms with Crippen molar-refractivity contribution >= 4 is 59.8 Å². The van der Waals surface area contributed by atoms with Crippen LogP contribution in [-0.4, -0.2) is 4.40 Å². The Bertz CT molecular complexity index is 2120. The molecule has 0 aliphatic carbocycles. The van der Waals surface area contributed by atoms with E-state index in [4.69, 9.17) is 0 Å². The van der Waals surface area contributed by atoms with Crippen LogP contribution in [0, 0.1) is 19.3 Å². The Kier molecular flexibility index (Phi) is 4.83. The van der Waals surface area contributed by atoms with E-state index in [9.17, 15) is 0 Å². The Morgan fingerprint density at radius 2 is 1.44 bits per heavy atom. The van der Waals surface area contributed by atoms with Crippen LogP contribution in [0.2, 0.25) is 0 Å². The molecule has 0 amide bonds. The molecule has 3 heterocycles. The first-order valence-corrected chi connectivity index (χ1v) is 14.3. The number of pyridine rings is 2. The number of benzene rings is 4. The summed E-state index contributed by atoms with van der Waals surface area (Å²) in [6, 6.07) is 21.2. The maximum atomic E-state index is 2.65. The molecule has 3 aromatic heterocycles. The summed E-state index contributed by atoms with van der Waals surface area (Å²) in [6.07, 6.45) is 3.25. The quantitative estimate of drug-likeness (QED) is 0.118. The van der Waals surface area contributed by atoms with Crippen LogP contribution in [-0.2, 0) is 18.9 Å². The van der Waals surface area contributed by atoms with Crippen molar-refractivity contribution in [2.24, 2.45) is 12.5 Å². The maximum Gasteiger partial charge on any atom is 0.224 e. The van der Waals surface area contributed by atoms with Crippen molar-refractivity contribution in [1.82, 2.24) is 4.40 Å². The van der Waals surface area contributed by atoms with Gasteiger partial charge in [0.15, 0.2) is 6.20 Å². The van der Waals surface area contributed by atoms with Gasteiger partial charge in [-0.1, -0.05) is 89.6 Å². The summed E-state index contributed by atoms with van der Waals surface area (Å²) in [5.74, 6) is 0. The second-order valence-electron chi connectivity index (χ2n) is 14.1. The minimum atomic E-state index is 0.0765. The molecular formula is C37H39N2+. The molecule has 39 heavy (non-hydrogen) atoms. The average molecular weight is 512 g/mol. The minimum Gasteiger partial charge on any atom is -0.307 e. The second-order valence-corrected chi connectivity index (χ2v) is 14.1. The molecule has 2 heteroatoms. The van der Waals surface area contributed by atoms with Gasteiger partial charge in [-0.05, 0) is 70.0 Å². The zero-order valence-electron chi connectivity index (χ0n) is 24.9. The summed E-state index contributed by atoms with van der Waals surface area (Å²) >= 11 is 0. The van der Waals surface area contributed by atoms with Gasteiger partial charge in [0.1, 0.15) is 7.05 Å². The van der Waals surface area contributed by atoms with Crippen molar-refractivity contribution in [2.75, 3.05) is 0 Å². The maximum absolute atomic E-state index is 2.65. The SMILES string of the molecule is Cc1ccc2c(CC(C)(C)C)c3c(c(C)c2c1)c1c2c(ccc4c5ccc(C(C)(C)C)cc5n3c42)cc[n+]1C. The van der Waals surface area contributed by atoms with Gasteiger partial charge in [0.05, 0.1) is 27.3 Å².